The van der Waals surface area contributed by atoms with Gasteiger partial charge in [-0.15, -0.1) is 0 Å². The van der Waals surface area contributed by atoms with Gasteiger partial charge in [-0.25, -0.2) is 14.4 Å². The average Bonchev–Trinajstić information content (AvgIpc) is 3.11. The second-order valence-electron chi connectivity index (χ2n) is 6.05. The van der Waals surface area contributed by atoms with Crippen LogP contribution in [0.1, 0.15) is 32.8 Å². The Labute approximate surface area is 173 Å². The summed E-state index contributed by atoms with van der Waals surface area (Å²) in [5, 5.41) is 6.10. The number of amides is 1. The molecule has 1 amide bonds. The van der Waals surface area contributed by atoms with Crippen LogP contribution in [0.25, 0.3) is 10.2 Å². The fourth-order valence-corrected chi connectivity index (χ4v) is 3.20. The Hall–Kier alpha value is -2.94. The standard InChI is InChI=1S/C17H17FN4O3S.C3H8/c1-9(23)21-16-14(18)10(4-5-20-16)8-25-11-6-12(24-3)15-13(7-11)26-17(19-2)22-15;1-3-2/h4-7H,8H2,1-3H3,(H,19,22)(H,20,21,23);3H2,1-2H3. The van der Waals surface area contributed by atoms with Crippen molar-refractivity contribution < 1.29 is 18.7 Å². The number of benzene rings is 1. The van der Waals surface area contributed by atoms with E-state index in [1.807, 2.05) is 6.07 Å². The molecule has 0 spiro atoms. The quantitative estimate of drug-likeness (QED) is 0.594. The van der Waals surface area contributed by atoms with Gasteiger partial charge in [0.05, 0.1) is 11.8 Å². The number of anilines is 2. The molecule has 1 aromatic carbocycles. The SMILES string of the molecule is CCC.CNc1nc2c(OC)cc(OCc3ccnc(NC(C)=O)c3F)cc2s1. The van der Waals surface area contributed by atoms with Crippen molar-refractivity contribution in [1.29, 1.82) is 0 Å². The number of hydrogen-bond donors (Lipinski definition) is 2. The highest BCUT2D eigenvalue weighted by Crippen LogP contribution is 2.36. The topological polar surface area (TPSA) is 85.4 Å². The minimum atomic E-state index is -0.619. The van der Waals surface area contributed by atoms with Gasteiger partial charge in [-0.05, 0) is 12.1 Å². The lowest BCUT2D eigenvalue weighted by atomic mass is 10.2. The third-order valence-electron chi connectivity index (χ3n) is 3.53. The smallest absolute Gasteiger partial charge is 0.222 e. The zero-order chi connectivity index (χ0) is 21.4. The number of nitrogens with one attached hydrogen (secondary N) is 2. The molecule has 156 valence electrons. The number of methoxy groups -OCH3 is 1. The lowest BCUT2D eigenvalue weighted by molar-refractivity contribution is -0.114. The number of hydrogen-bond acceptors (Lipinski definition) is 7. The van der Waals surface area contributed by atoms with Crippen LogP contribution in [0.3, 0.4) is 0 Å². The molecule has 0 radical (unpaired) electrons. The predicted molar refractivity (Wildman–Crippen MR) is 115 cm³/mol. The van der Waals surface area contributed by atoms with Gasteiger partial charge < -0.3 is 20.1 Å². The third-order valence-corrected chi connectivity index (χ3v) is 4.55. The first-order chi connectivity index (χ1) is 13.9. The van der Waals surface area contributed by atoms with E-state index in [0.29, 0.717) is 11.5 Å². The van der Waals surface area contributed by atoms with Crippen LogP contribution in [0, 0.1) is 5.82 Å². The molecule has 0 bridgehead atoms. The highest BCUT2D eigenvalue weighted by atomic mass is 32.1. The zero-order valence-corrected chi connectivity index (χ0v) is 17.9. The average molecular weight is 421 g/mol. The molecule has 0 aliphatic heterocycles. The molecule has 0 atom stereocenters. The van der Waals surface area contributed by atoms with Crippen molar-refractivity contribution in [2.45, 2.75) is 33.8 Å². The van der Waals surface area contributed by atoms with E-state index in [1.54, 1.807) is 20.2 Å². The van der Waals surface area contributed by atoms with Crippen molar-refractivity contribution in [2.24, 2.45) is 0 Å². The lowest BCUT2D eigenvalue weighted by Crippen LogP contribution is -2.11. The fourth-order valence-electron chi connectivity index (χ4n) is 2.33. The number of carbonyl (C=O) groups excluding carboxylic acids is 1. The van der Waals surface area contributed by atoms with E-state index in [9.17, 15) is 9.18 Å². The molecular formula is C20H25FN4O3S. The number of ether oxygens (including phenoxy) is 2. The van der Waals surface area contributed by atoms with Crippen molar-refractivity contribution in [3.05, 3.63) is 35.8 Å². The summed E-state index contributed by atoms with van der Waals surface area (Å²) in [5.74, 6) is -0.0312. The molecule has 0 aliphatic rings. The van der Waals surface area contributed by atoms with Crippen molar-refractivity contribution in [3.8, 4) is 11.5 Å². The Morgan fingerprint density at radius 1 is 1.31 bits per heavy atom. The Morgan fingerprint density at radius 3 is 2.66 bits per heavy atom. The number of fused-ring (bicyclic) bond motifs is 1. The van der Waals surface area contributed by atoms with Crippen molar-refractivity contribution in [2.75, 3.05) is 24.8 Å². The molecule has 2 aromatic heterocycles. The minimum Gasteiger partial charge on any atom is -0.494 e. The second-order valence-corrected chi connectivity index (χ2v) is 7.08. The molecule has 0 fully saturated rings. The maximum atomic E-state index is 14.4. The van der Waals surface area contributed by atoms with E-state index in [4.69, 9.17) is 9.47 Å². The molecule has 9 heteroatoms. The van der Waals surface area contributed by atoms with Crippen LogP contribution < -0.4 is 20.1 Å². The normalized spacial score (nSPS) is 10.1. The number of carbonyl (C=O) groups is 1. The summed E-state index contributed by atoms with van der Waals surface area (Å²) in [5.41, 5.74) is 1.01. The van der Waals surface area contributed by atoms with Gasteiger partial charge in [-0.1, -0.05) is 31.6 Å². The summed E-state index contributed by atoms with van der Waals surface area (Å²) in [6, 6.07) is 5.03. The van der Waals surface area contributed by atoms with Crippen LogP contribution in [-0.2, 0) is 11.4 Å². The van der Waals surface area contributed by atoms with E-state index in [2.05, 4.69) is 34.4 Å². The molecule has 29 heavy (non-hydrogen) atoms. The molecule has 7 nitrogen and oxygen atoms in total. The summed E-state index contributed by atoms with van der Waals surface area (Å²) >= 11 is 1.46. The summed E-state index contributed by atoms with van der Waals surface area (Å²) in [4.78, 5) is 19.4. The highest BCUT2D eigenvalue weighted by Gasteiger charge is 2.14. The molecule has 0 aliphatic carbocycles. The molecule has 0 saturated heterocycles. The van der Waals surface area contributed by atoms with Gasteiger partial charge in [0.1, 0.15) is 23.6 Å². The van der Waals surface area contributed by atoms with E-state index < -0.39 is 11.7 Å². The molecule has 3 rings (SSSR count). The summed E-state index contributed by atoms with van der Waals surface area (Å²) in [7, 11) is 3.35. The Balaban J connectivity index is 0.000000941. The number of nitrogens with zero attached hydrogens (tertiary/aromatic N) is 2. The molecule has 0 unspecified atom stereocenters. The Bertz CT molecular complexity index is 978. The number of rotatable bonds is 6. The Kier molecular flexibility index (Phi) is 8.14. The van der Waals surface area contributed by atoms with E-state index in [1.165, 1.54) is 36.9 Å². The fraction of sp³-hybridized carbons (Fsp3) is 0.350. The maximum Gasteiger partial charge on any atom is 0.222 e. The van der Waals surface area contributed by atoms with Crippen LogP contribution in [0.4, 0.5) is 15.3 Å². The van der Waals surface area contributed by atoms with Gasteiger partial charge in [0.2, 0.25) is 5.91 Å². The second kappa shape index (κ2) is 10.6. The first-order valence-corrected chi connectivity index (χ1v) is 9.95. The highest BCUT2D eigenvalue weighted by molar-refractivity contribution is 7.22. The number of pyridine rings is 1. The minimum absolute atomic E-state index is 0.0205. The van der Waals surface area contributed by atoms with E-state index in [-0.39, 0.29) is 18.0 Å². The number of halogens is 1. The van der Waals surface area contributed by atoms with Gasteiger partial charge >= 0.3 is 0 Å². The van der Waals surface area contributed by atoms with Gasteiger partial charge in [-0.3, -0.25) is 4.79 Å². The van der Waals surface area contributed by atoms with Crippen LogP contribution in [0.5, 0.6) is 11.5 Å². The monoisotopic (exact) mass is 420 g/mol. The predicted octanol–water partition coefficient (Wildman–Crippen LogP) is 4.83. The third kappa shape index (κ3) is 5.77. The van der Waals surface area contributed by atoms with Crippen LogP contribution in [0.15, 0.2) is 24.4 Å². The van der Waals surface area contributed by atoms with Crippen LogP contribution in [0.2, 0.25) is 0 Å². The summed E-state index contributed by atoms with van der Waals surface area (Å²) in [6.45, 7) is 5.52. The van der Waals surface area contributed by atoms with Crippen LogP contribution >= 0.6 is 11.3 Å². The van der Waals surface area contributed by atoms with Crippen molar-refractivity contribution >= 4 is 38.4 Å². The maximum absolute atomic E-state index is 14.4. The lowest BCUT2D eigenvalue weighted by Gasteiger charge is -2.10. The van der Waals surface area contributed by atoms with Gasteiger partial charge in [-0.2, -0.15) is 0 Å². The molecule has 3 aromatic rings. The molecule has 0 saturated carbocycles. The summed E-state index contributed by atoms with van der Waals surface area (Å²) in [6.07, 6.45) is 2.67. The number of thiazole rings is 1. The van der Waals surface area contributed by atoms with Gasteiger partial charge in [0.15, 0.2) is 16.8 Å². The molecule has 2 N–H and O–H groups in total. The van der Waals surface area contributed by atoms with E-state index in [0.717, 1.165) is 15.3 Å². The van der Waals surface area contributed by atoms with Crippen LogP contribution in [-0.4, -0.2) is 30.0 Å². The number of aromatic nitrogens is 2. The largest absolute Gasteiger partial charge is 0.494 e. The van der Waals surface area contributed by atoms with E-state index >= 15 is 0 Å². The Morgan fingerprint density at radius 2 is 2.03 bits per heavy atom. The molecular weight excluding hydrogens is 395 g/mol. The first kappa shape index (κ1) is 22.4. The van der Waals surface area contributed by atoms with Crippen molar-refractivity contribution in [1.82, 2.24) is 9.97 Å². The first-order valence-electron chi connectivity index (χ1n) is 9.13. The van der Waals surface area contributed by atoms with Gasteiger partial charge in [0, 0.05) is 31.8 Å². The van der Waals surface area contributed by atoms with Crippen molar-refractivity contribution in [3.63, 3.8) is 0 Å². The zero-order valence-electron chi connectivity index (χ0n) is 17.1. The molecule has 2 heterocycles. The van der Waals surface area contributed by atoms with Gasteiger partial charge in [0.25, 0.3) is 0 Å². The summed E-state index contributed by atoms with van der Waals surface area (Å²) < 4.78 is 26.4.